The van der Waals surface area contributed by atoms with Crippen LogP contribution in [0.3, 0.4) is 0 Å². The molecule has 0 bridgehead atoms. The van der Waals surface area contributed by atoms with Gasteiger partial charge in [0.2, 0.25) is 0 Å². The molecule has 3 nitrogen and oxygen atoms in total. The molecule has 2 unspecified atom stereocenters. The molecule has 1 N–H and O–H groups in total. The van der Waals surface area contributed by atoms with Gasteiger partial charge in [-0.25, -0.2) is 4.98 Å². The topological polar surface area (TPSA) is 38.1 Å². The number of hydrogen-bond donors (Lipinski definition) is 1. The molecule has 2 rings (SSSR count). The van der Waals surface area contributed by atoms with Crippen LogP contribution in [0.4, 0.5) is 0 Å². The van der Waals surface area contributed by atoms with E-state index < -0.39 is 0 Å². The Hall–Kier alpha value is -0.830. The van der Waals surface area contributed by atoms with E-state index in [1.165, 1.54) is 6.42 Å². The first-order valence-corrected chi connectivity index (χ1v) is 4.39. The Bertz CT molecular complexity index is 269. The van der Waals surface area contributed by atoms with Crippen LogP contribution in [0.5, 0.6) is 0 Å². The molecule has 0 saturated heterocycles. The lowest BCUT2D eigenvalue weighted by atomic mass is 10.2. The molecule has 0 spiro atoms. The van der Waals surface area contributed by atoms with E-state index in [1.807, 2.05) is 7.05 Å². The van der Waals surface area contributed by atoms with Crippen LogP contribution in [0.1, 0.15) is 30.7 Å². The molecule has 12 heavy (non-hydrogen) atoms. The fourth-order valence-corrected chi connectivity index (χ4v) is 1.57. The molecule has 1 aliphatic rings. The van der Waals surface area contributed by atoms with Crippen molar-refractivity contribution in [3.63, 3.8) is 0 Å². The number of aromatic nitrogens is 1. The van der Waals surface area contributed by atoms with Gasteiger partial charge in [0.05, 0.1) is 5.69 Å². The van der Waals surface area contributed by atoms with Gasteiger partial charge in [0, 0.05) is 12.5 Å². The average molecular weight is 166 g/mol. The van der Waals surface area contributed by atoms with Gasteiger partial charge in [-0.1, -0.05) is 6.92 Å². The van der Waals surface area contributed by atoms with Crippen LogP contribution in [0, 0.1) is 5.92 Å². The Morgan fingerprint density at radius 2 is 2.50 bits per heavy atom. The maximum atomic E-state index is 5.36. The van der Waals surface area contributed by atoms with Gasteiger partial charge in [-0.15, -0.1) is 0 Å². The molecule has 1 heterocycles. The molecule has 1 aromatic rings. The molecule has 1 saturated carbocycles. The zero-order valence-corrected chi connectivity index (χ0v) is 7.50. The maximum Gasteiger partial charge on any atom is 0.181 e. The van der Waals surface area contributed by atoms with Gasteiger partial charge in [-0.2, -0.15) is 0 Å². The minimum absolute atomic E-state index is 0.635. The average Bonchev–Trinajstić information content (AvgIpc) is 2.62. The fraction of sp³-hybridized carbons (Fsp3) is 0.667. The summed E-state index contributed by atoms with van der Waals surface area (Å²) in [7, 11) is 1.93. The maximum absolute atomic E-state index is 5.36. The molecule has 0 aromatic carbocycles. The van der Waals surface area contributed by atoms with Crippen molar-refractivity contribution >= 4 is 0 Å². The third-order valence-corrected chi connectivity index (χ3v) is 2.46. The Morgan fingerprint density at radius 1 is 1.75 bits per heavy atom. The number of rotatable bonds is 3. The second-order valence-electron chi connectivity index (χ2n) is 3.51. The van der Waals surface area contributed by atoms with E-state index in [4.69, 9.17) is 4.42 Å². The highest BCUT2D eigenvalue weighted by Crippen LogP contribution is 2.47. The molecular formula is C9H14N2O. The van der Waals surface area contributed by atoms with E-state index in [0.717, 1.165) is 23.9 Å². The fourth-order valence-electron chi connectivity index (χ4n) is 1.57. The van der Waals surface area contributed by atoms with Gasteiger partial charge in [0.25, 0.3) is 0 Å². The second kappa shape index (κ2) is 2.90. The van der Waals surface area contributed by atoms with Crippen molar-refractivity contribution in [3.05, 3.63) is 17.8 Å². The lowest BCUT2D eigenvalue weighted by Crippen LogP contribution is -2.07. The molecule has 1 fully saturated rings. The summed E-state index contributed by atoms with van der Waals surface area (Å²) in [5.41, 5.74) is 1.08. The molecule has 2 atom stereocenters. The minimum Gasteiger partial charge on any atom is -0.448 e. The Balaban J connectivity index is 2.14. The van der Waals surface area contributed by atoms with E-state index in [2.05, 4.69) is 17.2 Å². The predicted molar refractivity (Wildman–Crippen MR) is 45.8 cm³/mol. The highest BCUT2D eigenvalue weighted by Gasteiger charge is 2.38. The zero-order valence-electron chi connectivity index (χ0n) is 7.50. The summed E-state index contributed by atoms with van der Waals surface area (Å²) in [5, 5.41) is 3.09. The summed E-state index contributed by atoms with van der Waals surface area (Å²) in [6.45, 7) is 3.06. The van der Waals surface area contributed by atoms with Gasteiger partial charge in [0.1, 0.15) is 5.76 Å². The van der Waals surface area contributed by atoms with Crippen molar-refractivity contribution < 1.29 is 4.42 Å². The highest BCUT2D eigenvalue weighted by molar-refractivity contribution is 5.19. The highest BCUT2D eigenvalue weighted by atomic mass is 16.3. The van der Waals surface area contributed by atoms with Gasteiger partial charge in [-0.05, 0) is 19.4 Å². The number of oxazole rings is 1. The van der Waals surface area contributed by atoms with E-state index in [0.29, 0.717) is 5.92 Å². The predicted octanol–water partition coefficient (Wildman–Crippen LogP) is 1.52. The minimum atomic E-state index is 0.635. The van der Waals surface area contributed by atoms with Crippen molar-refractivity contribution in [1.29, 1.82) is 0 Å². The lowest BCUT2D eigenvalue weighted by Gasteiger charge is -1.97. The lowest BCUT2D eigenvalue weighted by molar-refractivity contribution is 0.495. The molecule has 0 amide bonds. The summed E-state index contributed by atoms with van der Waals surface area (Å²) in [6, 6.07) is 0. The van der Waals surface area contributed by atoms with E-state index in [1.54, 1.807) is 6.39 Å². The summed E-state index contributed by atoms with van der Waals surface area (Å²) >= 11 is 0. The van der Waals surface area contributed by atoms with Crippen molar-refractivity contribution in [2.45, 2.75) is 25.8 Å². The van der Waals surface area contributed by atoms with Crippen molar-refractivity contribution in [3.8, 4) is 0 Å². The molecule has 0 radical (unpaired) electrons. The molecule has 3 heteroatoms. The Morgan fingerprint density at radius 3 is 3.08 bits per heavy atom. The van der Waals surface area contributed by atoms with E-state index in [9.17, 15) is 0 Å². The van der Waals surface area contributed by atoms with Crippen molar-refractivity contribution in [1.82, 2.24) is 10.3 Å². The zero-order chi connectivity index (χ0) is 8.55. The molecule has 0 aliphatic heterocycles. The first-order valence-electron chi connectivity index (χ1n) is 4.39. The summed E-state index contributed by atoms with van der Waals surface area (Å²) < 4.78 is 5.36. The van der Waals surface area contributed by atoms with Crippen LogP contribution >= 0.6 is 0 Å². The van der Waals surface area contributed by atoms with E-state index >= 15 is 0 Å². The molecule has 1 aromatic heterocycles. The molecule has 1 aliphatic carbocycles. The molecular weight excluding hydrogens is 152 g/mol. The van der Waals surface area contributed by atoms with Crippen LogP contribution in [0.15, 0.2) is 10.8 Å². The third-order valence-electron chi connectivity index (χ3n) is 2.46. The first-order chi connectivity index (χ1) is 5.83. The smallest absolute Gasteiger partial charge is 0.181 e. The third kappa shape index (κ3) is 1.25. The van der Waals surface area contributed by atoms with Crippen LogP contribution in [-0.2, 0) is 6.54 Å². The molecule has 66 valence electrons. The number of nitrogens with one attached hydrogen (secondary N) is 1. The summed E-state index contributed by atoms with van der Waals surface area (Å²) in [4.78, 5) is 4.17. The normalized spacial score (nSPS) is 27.5. The van der Waals surface area contributed by atoms with Gasteiger partial charge < -0.3 is 9.73 Å². The SMILES string of the molecule is CNCc1ncoc1C1CC1C. The monoisotopic (exact) mass is 166 g/mol. The number of hydrogen-bond acceptors (Lipinski definition) is 3. The van der Waals surface area contributed by atoms with Gasteiger partial charge in [-0.3, -0.25) is 0 Å². The van der Waals surface area contributed by atoms with Crippen molar-refractivity contribution in [2.75, 3.05) is 7.05 Å². The van der Waals surface area contributed by atoms with Crippen LogP contribution in [0.25, 0.3) is 0 Å². The summed E-state index contributed by atoms with van der Waals surface area (Å²) in [6.07, 6.45) is 2.80. The van der Waals surface area contributed by atoms with Gasteiger partial charge >= 0.3 is 0 Å². The Kier molecular flexibility index (Phi) is 1.89. The number of nitrogens with zero attached hydrogens (tertiary/aromatic N) is 1. The van der Waals surface area contributed by atoms with Crippen LogP contribution in [-0.4, -0.2) is 12.0 Å². The standard InChI is InChI=1S/C9H14N2O/c1-6-3-7(6)9-8(4-10-2)11-5-12-9/h5-7,10H,3-4H2,1-2H3. The quantitative estimate of drug-likeness (QED) is 0.739. The van der Waals surface area contributed by atoms with Crippen LogP contribution < -0.4 is 5.32 Å². The largest absolute Gasteiger partial charge is 0.448 e. The Labute approximate surface area is 72.2 Å². The van der Waals surface area contributed by atoms with Gasteiger partial charge in [0.15, 0.2) is 6.39 Å². The second-order valence-corrected chi connectivity index (χ2v) is 3.51. The summed E-state index contributed by atoms with van der Waals surface area (Å²) in [5.74, 6) is 2.52. The van der Waals surface area contributed by atoms with Crippen molar-refractivity contribution in [2.24, 2.45) is 5.92 Å². The van der Waals surface area contributed by atoms with E-state index in [-0.39, 0.29) is 0 Å². The first kappa shape index (κ1) is 7.80. The van der Waals surface area contributed by atoms with Crippen LogP contribution in [0.2, 0.25) is 0 Å².